The molecule has 1 aromatic carbocycles. The SMILES string of the molecule is Cc1cc(C)c([N-][N+](=O)[O-])c(C)c1. The van der Waals surface area contributed by atoms with Gasteiger partial charge in [-0.05, 0) is 25.8 Å². The van der Waals surface area contributed by atoms with E-state index in [-0.39, 0.29) is 0 Å². The average Bonchev–Trinajstić information content (AvgIpc) is 1.96. The number of aryl methyl sites for hydroxylation is 3. The van der Waals surface area contributed by atoms with Crippen molar-refractivity contribution in [1.29, 1.82) is 0 Å². The molecule has 4 nitrogen and oxygen atoms in total. The van der Waals surface area contributed by atoms with Crippen molar-refractivity contribution in [3.8, 4) is 0 Å². The molecule has 0 saturated heterocycles. The van der Waals surface area contributed by atoms with Crippen LogP contribution in [0.5, 0.6) is 0 Å². The summed E-state index contributed by atoms with van der Waals surface area (Å²) in [5.41, 5.74) is 6.57. The zero-order chi connectivity index (χ0) is 10.0. The molecule has 0 aromatic heterocycles. The summed E-state index contributed by atoms with van der Waals surface area (Å²) >= 11 is 0. The van der Waals surface area contributed by atoms with Crippen LogP contribution in [0.15, 0.2) is 12.1 Å². The number of rotatable bonds is 2. The van der Waals surface area contributed by atoms with Crippen molar-refractivity contribution in [3.63, 3.8) is 0 Å². The summed E-state index contributed by atoms with van der Waals surface area (Å²) in [5.74, 6) is 0. The molecule has 70 valence electrons. The summed E-state index contributed by atoms with van der Waals surface area (Å²) in [6.45, 7) is 5.60. The van der Waals surface area contributed by atoms with E-state index in [2.05, 4.69) is 5.43 Å². The van der Waals surface area contributed by atoms with Crippen LogP contribution in [0.2, 0.25) is 0 Å². The highest BCUT2D eigenvalue weighted by Crippen LogP contribution is 2.28. The molecular weight excluding hydrogens is 168 g/mol. The number of hydrogen-bond donors (Lipinski definition) is 0. The van der Waals surface area contributed by atoms with Crippen LogP contribution in [-0.4, -0.2) is 5.03 Å². The fraction of sp³-hybridized carbons (Fsp3) is 0.333. The van der Waals surface area contributed by atoms with Crippen LogP contribution in [0.3, 0.4) is 0 Å². The van der Waals surface area contributed by atoms with Gasteiger partial charge >= 0.3 is 0 Å². The van der Waals surface area contributed by atoms with Gasteiger partial charge in [-0.15, -0.1) is 0 Å². The van der Waals surface area contributed by atoms with Crippen LogP contribution in [0.1, 0.15) is 16.7 Å². The van der Waals surface area contributed by atoms with Crippen molar-refractivity contribution >= 4 is 5.69 Å². The highest BCUT2D eigenvalue weighted by atomic mass is 16.7. The van der Waals surface area contributed by atoms with E-state index in [1.165, 1.54) is 0 Å². The van der Waals surface area contributed by atoms with Crippen LogP contribution in [0.4, 0.5) is 5.69 Å². The molecule has 0 aliphatic heterocycles. The van der Waals surface area contributed by atoms with Gasteiger partial charge in [-0.1, -0.05) is 34.5 Å². The molecule has 0 N–H and O–H groups in total. The molecule has 0 heterocycles. The Morgan fingerprint density at radius 2 is 1.69 bits per heavy atom. The molecule has 0 aliphatic rings. The molecule has 0 amide bonds. The minimum atomic E-state index is -0.662. The molecule has 0 unspecified atom stereocenters. The highest BCUT2D eigenvalue weighted by Gasteiger charge is 1.98. The van der Waals surface area contributed by atoms with E-state index in [0.717, 1.165) is 16.7 Å². The Kier molecular flexibility index (Phi) is 2.51. The van der Waals surface area contributed by atoms with Gasteiger partial charge in [0, 0.05) is 0 Å². The van der Waals surface area contributed by atoms with Crippen molar-refractivity contribution in [1.82, 2.24) is 0 Å². The minimum absolute atomic E-state index is 0.468. The predicted molar refractivity (Wildman–Crippen MR) is 50.7 cm³/mol. The summed E-state index contributed by atoms with van der Waals surface area (Å²) in [6.07, 6.45) is 0. The summed E-state index contributed by atoms with van der Waals surface area (Å²) in [5, 5.41) is 9.53. The Balaban J connectivity index is 3.13. The molecule has 13 heavy (non-hydrogen) atoms. The summed E-state index contributed by atoms with van der Waals surface area (Å²) in [4.78, 5) is 10.2. The van der Waals surface area contributed by atoms with Crippen molar-refractivity contribution in [3.05, 3.63) is 44.4 Å². The number of benzene rings is 1. The first-order valence-electron chi connectivity index (χ1n) is 3.94. The van der Waals surface area contributed by atoms with Gasteiger partial charge in [0.1, 0.15) is 0 Å². The van der Waals surface area contributed by atoms with E-state index in [9.17, 15) is 10.1 Å². The standard InChI is InChI=1S/C9H11N2O2/c1-6-4-7(2)9(8(3)5-6)10-11(12)13/h4-5H,1-3H3/q-1. The maximum atomic E-state index is 10.2. The maximum absolute atomic E-state index is 10.2. The molecule has 0 spiro atoms. The molecule has 4 heteroatoms. The Morgan fingerprint density at radius 1 is 1.23 bits per heavy atom. The third-order valence-corrected chi connectivity index (χ3v) is 1.82. The fourth-order valence-corrected chi connectivity index (χ4v) is 1.41. The van der Waals surface area contributed by atoms with Gasteiger partial charge in [-0.2, -0.15) is 0 Å². The first kappa shape index (κ1) is 9.51. The van der Waals surface area contributed by atoms with Crippen LogP contribution >= 0.6 is 0 Å². The second-order valence-electron chi connectivity index (χ2n) is 3.09. The van der Waals surface area contributed by atoms with Gasteiger partial charge in [0.2, 0.25) is 0 Å². The Labute approximate surface area is 76.7 Å². The third-order valence-electron chi connectivity index (χ3n) is 1.82. The molecule has 0 fully saturated rings. The third kappa shape index (κ3) is 2.18. The van der Waals surface area contributed by atoms with E-state index in [1.54, 1.807) is 0 Å². The lowest BCUT2D eigenvalue weighted by Crippen LogP contribution is -1.91. The Hall–Kier alpha value is -1.58. The van der Waals surface area contributed by atoms with E-state index in [0.29, 0.717) is 5.69 Å². The van der Waals surface area contributed by atoms with Crippen molar-refractivity contribution in [2.24, 2.45) is 0 Å². The molecule has 0 atom stereocenters. The maximum Gasteiger partial charge on any atom is -0.00887 e. The normalized spacial score (nSPS) is 9.77. The van der Waals surface area contributed by atoms with E-state index < -0.39 is 5.03 Å². The predicted octanol–water partition coefficient (Wildman–Crippen LogP) is 2.81. The van der Waals surface area contributed by atoms with E-state index in [4.69, 9.17) is 0 Å². The van der Waals surface area contributed by atoms with Gasteiger partial charge in [0.05, 0.1) is 0 Å². The summed E-state index contributed by atoms with van der Waals surface area (Å²) in [6, 6.07) is 3.77. The van der Waals surface area contributed by atoms with Gasteiger partial charge in [0.15, 0.2) is 0 Å². The van der Waals surface area contributed by atoms with E-state index in [1.807, 2.05) is 32.9 Å². The van der Waals surface area contributed by atoms with Crippen molar-refractivity contribution in [2.45, 2.75) is 20.8 Å². The topological polar surface area (TPSA) is 57.2 Å². The van der Waals surface area contributed by atoms with Gasteiger partial charge in [0.25, 0.3) is 0 Å². The molecule has 0 aliphatic carbocycles. The second kappa shape index (κ2) is 3.43. The quantitative estimate of drug-likeness (QED) is 0.517. The highest BCUT2D eigenvalue weighted by molar-refractivity contribution is 5.59. The first-order chi connectivity index (χ1) is 6.00. The molecular formula is C9H11N2O2-. The Morgan fingerprint density at radius 3 is 2.08 bits per heavy atom. The summed E-state index contributed by atoms with van der Waals surface area (Å²) < 4.78 is 0. The van der Waals surface area contributed by atoms with Crippen molar-refractivity contribution in [2.75, 3.05) is 0 Å². The molecule has 1 rings (SSSR count). The second-order valence-corrected chi connectivity index (χ2v) is 3.09. The molecule has 0 saturated carbocycles. The monoisotopic (exact) mass is 179 g/mol. The zero-order valence-electron chi connectivity index (χ0n) is 7.87. The first-order valence-corrected chi connectivity index (χ1v) is 3.94. The lowest BCUT2D eigenvalue weighted by molar-refractivity contribution is -0.418. The van der Waals surface area contributed by atoms with Gasteiger partial charge in [-0.3, -0.25) is 10.1 Å². The lowest BCUT2D eigenvalue weighted by atomic mass is 10.1. The van der Waals surface area contributed by atoms with Crippen LogP contribution in [0.25, 0.3) is 5.43 Å². The number of nitro groups is 1. The largest absolute Gasteiger partial charge is 0.348 e. The van der Waals surface area contributed by atoms with Crippen LogP contribution in [0, 0.1) is 30.9 Å². The molecule has 1 aromatic rings. The van der Waals surface area contributed by atoms with Crippen molar-refractivity contribution < 1.29 is 5.03 Å². The molecule has 0 bridgehead atoms. The average molecular weight is 179 g/mol. The Bertz CT molecular complexity index is 324. The number of hydrogen-bond acceptors (Lipinski definition) is 2. The molecule has 0 radical (unpaired) electrons. The summed E-state index contributed by atoms with van der Waals surface area (Å²) in [7, 11) is 0. The van der Waals surface area contributed by atoms with E-state index >= 15 is 0 Å². The minimum Gasteiger partial charge on any atom is -0.348 e. The fourth-order valence-electron chi connectivity index (χ4n) is 1.41. The van der Waals surface area contributed by atoms with Crippen LogP contribution < -0.4 is 0 Å². The lowest BCUT2D eigenvalue weighted by Gasteiger charge is -2.17. The number of nitrogens with zero attached hydrogens (tertiary/aromatic N) is 2. The smallest absolute Gasteiger partial charge is 0.00887 e. The van der Waals surface area contributed by atoms with Crippen LogP contribution in [-0.2, 0) is 0 Å². The zero-order valence-corrected chi connectivity index (χ0v) is 7.87. The van der Waals surface area contributed by atoms with Gasteiger partial charge < -0.3 is 5.43 Å². The van der Waals surface area contributed by atoms with Gasteiger partial charge in [-0.25, -0.2) is 0 Å².